The number of nitrogens with zero attached hydrogens (tertiary/aromatic N) is 1. The highest BCUT2D eigenvalue weighted by Crippen LogP contribution is 2.40. The van der Waals surface area contributed by atoms with Crippen LogP contribution >= 0.6 is 11.6 Å². The highest BCUT2D eigenvalue weighted by molar-refractivity contribution is 6.74. The average Bonchev–Trinajstić information content (AvgIpc) is 2.94. The number of amides is 1. The Hall–Kier alpha value is -3.33. The normalized spacial score (nSPS) is 12.8. The lowest BCUT2D eigenvalue weighted by Crippen LogP contribution is -2.46. The smallest absolute Gasteiger partial charge is 0.410 e. The van der Waals surface area contributed by atoms with E-state index in [0.717, 1.165) is 22.4 Å². The summed E-state index contributed by atoms with van der Waals surface area (Å²) in [6, 6.07) is 22.9. The molecule has 1 atom stereocenters. The molecule has 9 heteroatoms. The van der Waals surface area contributed by atoms with Crippen LogP contribution in [-0.2, 0) is 13.9 Å². The van der Waals surface area contributed by atoms with Gasteiger partial charge in [0.2, 0.25) is 0 Å². The third-order valence-electron chi connectivity index (χ3n) is 7.69. The molecule has 0 saturated carbocycles. The molecule has 0 unspecified atom stereocenters. The average molecular weight is 639 g/mol. The van der Waals surface area contributed by atoms with Gasteiger partial charge in [-0.25, -0.2) is 9.59 Å². The molecule has 0 aromatic heterocycles. The minimum absolute atomic E-state index is 0.0243. The Bertz CT molecular complexity index is 1430. The number of hydrogen-bond acceptors (Lipinski definition) is 6. The molecule has 0 heterocycles. The van der Waals surface area contributed by atoms with Crippen LogP contribution in [0.5, 0.6) is 0 Å². The van der Waals surface area contributed by atoms with Gasteiger partial charge in [0, 0.05) is 23.8 Å². The van der Waals surface area contributed by atoms with Gasteiger partial charge < -0.3 is 24.1 Å². The van der Waals surface area contributed by atoms with Crippen LogP contribution < -0.4 is 5.32 Å². The van der Waals surface area contributed by atoms with Crippen molar-refractivity contribution in [2.75, 3.05) is 32.1 Å². The van der Waals surface area contributed by atoms with Crippen LogP contribution in [0.15, 0.2) is 72.8 Å². The first-order valence-electron chi connectivity index (χ1n) is 14.9. The summed E-state index contributed by atoms with van der Waals surface area (Å²) in [5.41, 5.74) is 3.50. The van der Waals surface area contributed by atoms with Crippen LogP contribution in [0.1, 0.15) is 63.6 Å². The topological polar surface area (TPSA) is 77.1 Å². The molecule has 0 saturated heterocycles. The minimum Gasteiger partial charge on any atom is -0.465 e. The second-order valence-electron chi connectivity index (χ2n) is 13.4. The molecule has 1 N–H and O–H groups in total. The maximum Gasteiger partial charge on any atom is 0.410 e. The fourth-order valence-corrected chi connectivity index (χ4v) is 5.80. The molecule has 7 nitrogen and oxygen atoms in total. The summed E-state index contributed by atoms with van der Waals surface area (Å²) in [4.78, 5) is 27.3. The largest absolute Gasteiger partial charge is 0.465 e. The molecule has 1 amide bonds. The van der Waals surface area contributed by atoms with Crippen molar-refractivity contribution in [3.63, 3.8) is 0 Å². The molecule has 0 radical (unpaired) electrons. The molecule has 0 spiro atoms. The van der Waals surface area contributed by atoms with Crippen molar-refractivity contribution in [1.29, 1.82) is 0 Å². The Balaban J connectivity index is 1.84. The first kappa shape index (κ1) is 35.1. The van der Waals surface area contributed by atoms with Crippen molar-refractivity contribution in [2.24, 2.45) is 0 Å². The summed E-state index contributed by atoms with van der Waals surface area (Å²) < 4.78 is 17.6. The van der Waals surface area contributed by atoms with Gasteiger partial charge in [-0.2, -0.15) is 0 Å². The summed E-state index contributed by atoms with van der Waals surface area (Å²) in [6.45, 7) is 17.8. The Labute approximate surface area is 269 Å². The minimum atomic E-state index is -2.22. The molecule has 44 heavy (non-hydrogen) atoms. The van der Waals surface area contributed by atoms with E-state index >= 15 is 0 Å². The van der Waals surface area contributed by atoms with E-state index in [2.05, 4.69) is 39.2 Å². The molecule has 238 valence electrons. The summed E-state index contributed by atoms with van der Waals surface area (Å²) in [6.07, 6.45) is -0.786. The Morgan fingerprint density at radius 3 is 2.16 bits per heavy atom. The fourth-order valence-electron chi connectivity index (χ4n) is 4.32. The van der Waals surface area contributed by atoms with Crippen molar-refractivity contribution in [1.82, 2.24) is 4.90 Å². The van der Waals surface area contributed by atoms with E-state index in [1.807, 2.05) is 87.5 Å². The predicted molar refractivity (Wildman–Crippen MR) is 182 cm³/mol. The Morgan fingerprint density at radius 2 is 1.55 bits per heavy atom. The molecular formula is C35H47ClN2O5Si. The summed E-state index contributed by atoms with van der Waals surface area (Å²) in [7, 11) is -0.847. The summed E-state index contributed by atoms with van der Waals surface area (Å²) >= 11 is 6.39. The number of anilines is 1. The highest BCUT2D eigenvalue weighted by atomic mass is 35.5. The van der Waals surface area contributed by atoms with E-state index in [1.54, 1.807) is 11.0 Å². The van der Waals surface area contributed by atoms with Crippen LogP contribution in [0.4, 0.5) is 10.5 Å². The number of rotatable bonds is 11. The second-order valence-corrected chi connectivity index (χ2v) is 18.6. The quantitative estimate of drug-likeness (QED) is 0.167. The highest BCUT2D eigenvalue weighted by Gasteiger charge is 2.40. The Morgan fingerprint density at radius 1 is 0.909 bits per heavy atom. The molecule has 0 bridgehead atoms. The van der Waals surface area contributed by atoms with Crippen molar-refractivity contribution in [2.45, 2.75) is 71.4 Å². The number of esters is 1. The molecule has 3 rings (SSSR count). The summed E-state index contributed by atoms with van der Waals surface area (Å²) in [5.74, 6) is -0.378. The van der Waals surface area contributed by atoms with E-state index in [4.69, 9.17) is 25.5 Å². The van der Waals surface area contributed by atoms with Gasteiger partial charge in [-0.15, -0.1) is 0 Å². The van der Waals surface area contributed by atoms with Gasteiger partial charge in [0.15, 0.2) is 8.32 Å². The molecule has 0 fully saturated rings. The lowest BCUT2D eigenvalue weighted by atomic mass is 10.0. The number of carbonyl (C=O) groups is 2. The molecular weight excluding hydrogens is 592 g/mol. The fraction of sp³-hybridized carbons (Fsp3) is 0.429. The van der Waals surface area contributed by atoms with Crippen molar-refractivity contribution in [3.05, 3.63) is 88.9 Å². The van der Waals surface area contributed by atoms with E-state index in [0.29, 0.717) is 30.2 Å². The molecule has 3 aromatic carbocycles. The van der Waals surface area contributed by atoms with Gasteiger partial charge >= 0.3 is 12.1 Å². The second kappa shape index (κ2) is 14.6. The van der Waals surface area contributed by atoms with Gasteiger partial charge in [0.05, 0.1) is 25.3 Å². The van der Waals surface area contributed by atoms with Crippen molar-refractivity contribution < 1.29 is 23.5 Å². The van der Waals surface area contributed by atoms with Crippen LogP contribution in [0, 0.1) is 0 Å². The zero-order chi connectivity index (χ0) is 32.7. The van der Waals surface area contributed by atoms with E-state index in [9.17, 15) is 9.59 Å². The number of methoxy groups -OCH3 is 1. The first-order chi connectivity index (χ1) is 20.5. The molecule has 3 aromatic rings. The zero-order valence-corrected chi connectivity index (χ0v) is 29.2. The lowest BCUT2D eigenvalue weighted by molar-refractivity contribution is 0.0165. The molecule has 0 aliphatic carbocycles. The van der Waals surface area contributed by atoms with Crippen LogP contribution in [0.3, 0.4) is 0 Å². The number of carbonyl (C=O) groups excluding carboxylic acids is 2. The first-order valence-corrected chi connectivity index (χ1v) is 18.2. The number of hydrogen-bond donors (Lipinski definition) is 1. The van der Waals surface area contributed by atoms with E-state index in [1.165, 1.54) is 7.11 Å². The summed E-state index contributed by atoms with van der Waals surface area (Å²) in [5, 5.41) is 4.05. The molecule has 0 aliphatic rings. The number of benzene rings is 3. The monoisotopic (exact) mass is 638 g/mol. The third kappa shape index (κ3) is 10.1. The van der Waals surface area contributed by atoms with Crippen LogP contribution in [0.2, 0.25) is 23.2 Å². The van der Waals surface area contributed by atoms with E-state index in [-0.39, 0.29) is 17.1 Å². The third-order valence-corrected chi connectivity index (χ3v) is 12.4. The van der Waals surface area contributed by atoms with Gasteiger partial charge in [-0.3, -0.25) is 0 Å². The SMILES string of the molecule is COC(=O)c1cccc(-c2cccc(NCCN(C[C@@H](O[Si](C)(C)C(C)(C)C)c3cccc(Cl)c3)C(=O)OC(C)(C)C)c2)c1. The van der Waals surface area contributed by atoms with Gasteiger partial charge in [0.25, 0.3) is 0 Å². The maximum atomic E-state index is 13.5. The molecule has 0 aliphatic heterocycles. The van der Waals surface area contributed by atoms with Gasteiger partial charge in [-0.1, -0.05) is 68.8 Å². The van der Waals surface area contributed by atoms with Crippen molar-refractivity contribution >= 4 is 37.7 Å². The lowest BCUT2D eigenvalue weighted by Gasteiger charge is -2.40. The van der Waals surface area contributed by atoms with Gasteiger partial charge in [-0.05, 0) is 92.0 Å². The standard InChI is InChI=1S/C35H47ClN2O5Si/c1-34(2,3)42-33(40)38(24-31(27-15-11-17-29(36)22-27)43-44(8,9)35(4,5)6)20-19-37-30-18-12-14-26(23-30)25-13-10-16-28(21-25)32(39)41-7/h10-18,21-23,31,37H,19-20,24H2,1-9H3/t31-/m1/s1. The zero-order valence-electron chi connectivity index (χ0n) is 27.5. The number of halogens is 1. The van der Waals surface area contributed by atoms with E-state index < -0.39 is 20.0 Å². The predicted octanol–water partition coefficient (Wildman–Crippen LogP) is 9.21. The Kier molecular flexibility index (Phi) is 11.7. The van der Waals surface area contributed by atoms with Crippen LogP contribution in [0.25, 0.3) is 11.1 Å². The maximum absolute atomic E-state index is 13.5. The van der Waals surface area contributed by atoms with Crippen molar-refractivity contribution in [3.8, 4) is 11.1 Å². The van der Waals surface area contributed by atoms with Gasteiger partial charge in [0.1, 0.15) is 5.60 Å². The van der Waals surface area contributed by atoms with Crippen LogP contribution in [-0.4, -0.2) is 57.6 Å². The number of nitrogens with one attached hydrogen (secondary N) is 1. The number of ether oxygens (including phenoxy) is 2.